The van der Waals surface area contributed by atoms with Gasteiger partial charge in [0.15, 0.2) is 6.29 Å². The van der Waals surface area contributed by atoms with Crippen molar-refractivity contribution in [3.8, 4) is 0 Å². The van der Waals surface area contributed by atoms with E-state index in [1.807, 2.05) is 12.1 Å². The number of ether oxygens (including phenoxy) is 2. The van der Waals surface area contributed by atoms with Gasteiger partial charge >= 0.3 is 0 Å². The summed E-state index contributed by atoms with van der Waals surface area (Å²) in [7, 11) is 0. The van der Waals surface area contributed by atoms with Gasteiger partial charge in [-0.15, -0.1) is 0 Å². The molecule has 1 aromatic heterocycles. The third kappa shape index (κ3) is 3.68. The molecule has 1 aliphatic rings. The SMILES string of the molecule is c1coc(CCCOC2CCCCO2)c1. The Labute approximate surface area is 90.4 Å². The highest BCUT2D eigenvalue weighted by Gasteiger charge is 2.13. The van der Waals surface area contributed by atoms with Crippen molar-refractivity contribution >= 4 is 0 Å². The van der Waals surface area contributed by atoms with Crippen LogP contribution in [-0.2, 0) is 15.9 Å². The largest absolute Gasteiger partial charge is 0.469 e. The van der Waals surface area contributed by atoms with E-state index < -0.39 is 0 Å². The van der Waals surface area contributed by atoms with E-state index in [2.05, 4.69) is 0 Å². The lowest BCUT2D eigenvalue weighted by atomic mass is 10.2. The molecule has 0 radical (unpaired) electrons. The number of aryl methyl sites for hydroxylation is 1. The van der Waals surface area contributed by atoms with Crippen molar-refractivity contribution in [3.63, 3.8) is 0 Å². The van der Waals surface area contributed by atoms with Crippen LogP contribution in [0.2, 0.25) is 0 Å². The quantitative estimate of drug-likeness (QED) is 0.700. The molecule has 1 saturated heterocycles. The summed E-state index contributed by atoms with van der Waals surface area (Å²) in [5, 5.41) is 0. The zero-order valence-electron chi connectivity index (χ0n) is 8.98. The number of rotatable bonds is 5. The highest BCUT2D eigenvalue weighted by molar-refractivity contribution is 4.97. The molecule has 3 nitrogen and oxygen atoms in total. The number of hydrogen-bond donors (Lipinski definition) is 0. The van der Waals surface area contributed by atoms with Crippen molar-refractivity contribution in [2.45, 2.75) is 38.4 Å². The van der Waals surface area contributed by atoms with Crippen LogP contribution in [0.1, 0.15) is 31.4 Å². The standard InChI is InChI=1S/C12H18O3/c1-2-8-14-12(7-1)15-10-4-6-11-5-3-9-13-11/h3,5,9,12H,1-2,4,6-8,10H2. The maximum atomic E-state index is 5.62. The van der Waals surface area contributed by atoms with Gasteiger partial charge in [-0.2, -0.15) is 0 Å². The number of hydrogen-bond acceptors (Lipinski definition) is 3. The third-order valence-electron chi connectivity index (χ3n) is 2.59. The third-order valence-corrected chi connectivity index (χ3v) is 2.59. The number of furan rings is 1. The van der Waals surface area contributed by atoms with Gasteiger partial charge in [0.25, 0.3) is 0 Å². The minimum Gasteiger partial charge on any atom is -0.469 e. The van der Waals surface area contributed by atoms with E-state index in [0.29, 0.717) is 0 Å². The Kier molecular flexibility index (Phi) is 4.23. The fourth-order valence-corrected chi connectivity index (χ4v) is 1.76. The van der Waals surface area contributed by atoms with Crippen LogP contribution in [0.25, 0.3) is 0 Å². The predicted octanol–water partition coefficient (Wildman–Crippen LogP) is 2.76. The lowest BCUT2D eigenvalue weighted by Crippen LogP contribution is -2.22. The molecule has 84 valence electrons. The van der Waals surface area contributed by atoms with Crippen LogP contribution in [-0.4, -0.2) is 19.5 Å². The van der Waals surface area contributed by atoms with Crippen molar-refractivity contribution in [1.29, 1.82) is 0 Å². The van der Waals surface area contributed by atoms with Crippen LogP contribution in [0, 0.1) is 0 Å². The van der Waals surface area contributed by atoms with Gasteiger partial charge < -0.3 is 13.9 Å². The van der Waals surface area contributed by atoms with Crippen molar-refractivity contribution < 1.29 is 13.9 Å². The summed E-state index contributed by atoms with van der Waals surface area (Å²) < 4.78 is 16.3. The molecule has 0 N–H and O–H groups in total. The molecule has 0 aromatic carbocycles. The van der Waals surface area contributed by atoms with Gasteiger partial charge in [-0.05, 0) is 37.8 Å². The van der Waals surface area contributed by atoms with E-state index in [-0.39, 0.29) is 6.29 Å². The fourth-order valence-electron chi connectivity index (χ4n) is 1.76. The summed E-state index contributed by atoms with van der Waals surface area (Å²) in [6, 6.07) is 3.91. The molecule has 0 amide bonds. The molecule has 3 heteroatoms. The monoisotopic (exact) mass is 210 g/mol. The van der Waals surface area contributed by atoms with Crippen LogP contribution in [0.4, 0.5) is 0 Å². The highest BCUT2D eigenvalue weighted by atomic mass is 16.7. The zero-order chi connectivity index (χ0) is 10.3. The summed E-state index contributed by atoms with van der Waals surface area (Å²) in [4.78, 5) is 0. The van der Waals surface area contributed by atoms with Crippen molar-refractivity contribution in [2.24, 2.45) is 0 Å². The van der Waals surface area contributed by atoms with Gasteiger partial charge in [0, 0.05) is 13.0 Å². The molecule has 1 aliphatic heterocycles. The molecule has 1 aromatic rings. The molecule has 15 heavy (non-hydrogen) atoms. The Bertz CT molecular complexity index is 250. The Morgan fingerprint density at radius 2 is 2.40 bits per heavy atom. The normalized spacial score (nSPS) is 21.7. The second kappa shape index (κ2) is 5.93. The van der Waals surface area contributed by atoms with E-state index >= 15 is 0 Å². The summed E-state index contributed by atoms with van der Waals surface area (Å²) in [5.41, 5.74) is 0. The minimum absolute atomic E-state index is 0.0374. The molecular weight excluding hydrogens is 192 g/mol. The maximum Gasteiger partial charge on any atom is 0.157 e. The van der Waals surface area contributed by atoms with Gasteiger partial charge in [-0.3, -0.25) is 0 Å². The Morgan fingerprint density at radius 3 is 3.13 bits per heavy atom. The van der Waals surface area contributed by atoms with Crippen LogP contribution in [0.3, 0.4) is 0 Å². The lowest BCUT2D eigenvalue weighted by molar-refractivity contribution is -0.162. The zero-order valence-corrected chi connectivity index (χ0v) is 8.98. The van der Waals surface area contributed by atoms with E-state index in [4.69, 9.17) is 13.9 Å². The van der Waals surface area contributed by atoms with Gasteiger partial charge in [-0.1, -0.05) is 0 Å². The first-order chi connectivity index (χ1) is 7.45. The van der Waals surface area contributed by atoms with Crippen LogP contribution in [0.5, 0.6) is 0 Å². The summed E-state index contributed by atoms with van der Waals surface area (Å²) in [6.07, 6.45) is 7.12. The molecule has 0 aliphatic carbocycles. The molecular formula is C12H18O3. The smallest absolute Gasteiger partial charge is 0.157 e. The highest BCUT2D eigenvalue weighted by Crippen LogP contribution is 2.14. The fraction of sp³-hybridized carbons (Fsp3) is 0.667. The topological polar surface area (TPSA) is 31.6 Å². The second-order valence-electron chi connectivity index (χ2n) is 3.85. The Balaban J connectivity index is 1.54. The van der Waals surface area contributed by atoms with Gasteiger partial charge in [-0.25, -0.2) is 0 Å². The van der Waals surface area contributed by atoms with Gasteiger partial charge in [0.2, 0.25) is 0 Å². The van der Waals surface area contributed by atoms with Crippen molar-refractivity contribution in [1.82, 2.24) is 0 Å². The molecule has 0 bridgehead atoms. The molecule has 0 spiro atoms. The lowest BCUT2D eigenvalue weighted by Gasteiger charge is -2.22. The van der Waals surface area contributed by atoms with E-state index in [1.54, 1.807) is 6.26 Å². The predicted molar refractivity (Wildman–Crippen MR) is 56.6 cm³/mol. The minimum atomic E-state index is 0.0374. The van der Waals surface area contributed by atoms with Crippen LogP contribution >= 0.6 is 0 Å². The van der Waals surface area contributed by atoms with Crippen molar-refractivity contribution in [2.75, 3.05) is 13.2 Å². The van der Waals surface area contributed by atoms with Crippen molar-refractivity contribution in [3.05, 3.63) is 24.2 Å². The summed E-state index contributed by atoms with van der Waals surface area (Å²) in [5.74, 6) is 1.03. The molecule has 0 saturated carbocycles. The first kappa shape index (κ1) is 10.7. The molecule has 1 atom stereocenters. The second-order valence-corrected chi connectivity index (χ2v) is 3.85. The van der Waals surface area contributed by atoms with Crippen LogP contribution < -0.4 is 0 Å². The van der Waals surface area contributed by atoms with Gasteiger partial charge in [0.05, 0.1) is 12.9 Å². The van der Waals surface area contributed by atoms with E-state index in [9.17, 15) is 0 Å². The van der Waals surface area contributed by atoms with E-state index in [1.165, 1.54) is 12.8 Å². The Morgan fingerprint density at radius 1 is 1.40 bits per heavy atom. The first-order valence-corrected chi connectivity index (χ1v) is 5.71. The molecule has 2 heterocycles. The maximum absolute atomic E-state index is 5.62. The van der Waals surface area contributed by atoms with Crippen LogP contribution in [0.15, 0.2) is 22.8 Å². The van der Waals surface area contributed by atoms with E-state index in [0.717, 1.165) is 38.2 Å². The summed E-state index contributed by atoms with van der Waals surface area (Å²) in [6.45, 7) is 1.61. The molecule has 1 fully saturated rings. The molecule has 1 unspecified atom stereocenters. The molecule has 2 rings (SSSR count). The Hall–Kier alpha value is -0.800. The summed E-state index contributed by atoms with van der Waals surface area (Å²) >= 11 is 0. The average Bonchev–Trinajstić information content (AvgIpc) is 2.79. The van der Waals surface area contributed by atoms with Gasteiger partial charge in [0.1, 0.15) is 5.76 Å². The average molecular weight is 210 g/mol. The first-order valence-electron chi connectivity index (χ1n) is 5.71.